The van der Waals surface area contributed by atoms with Gasteiger partial charge in [-0.2, -0.15) is 0 Å². The summed E-state index contributed by atoms with van der Waals surface area (Å²) in [6.07, 6.45) is 0. The van der Waals surface area contributed by atoms with Crippen LogP contribution in [0, 0.1) is 0 Å². The highest BCUT2D eigenvalue weighted by molar-refractivity contribution is 7.12. The lowest BCUT2D eigenvalue weighted by atomic mass is 10.1. The third-order valence-electron chi connectivity index (χ3n) is 4.18. The Morgan fingerprint density at radius 1 is 1.11 bits per heavy atom. The molecule has 0 saturated carbocycles. The van der Waals surface area contributed by atoms with Crippen LogP contribution in [0.3, 0.4) is 0 Å². The van der Waals surface area contributed by atoms with Crippen molar-refractivity contribution in [2.75, 3.05) is 12.4 Å². The molecule has 0 aliphatic carbocycles. The smallest absolute Gasteiger partial charge is 0.337 e. The molecule has 1 amide bonds. The second kappa shape index (κ2) is 6.78. The van der Waals surface area contributed by atoms with Gasteiger partial charge in [-0.3, -0.25) is 18.8 Å². The van der Waals surface area contributed by atoms with E-state index >= 15 is 0 Å². The zero-order valence-electron chi connectivity index (χ0n) is 14.5. The highest BCUT2D eigenvalue weighted by atomic mass is 32.1. The first kappa shape index (κ1) is 17.7. The van der Waals surface area contributed by atoms with Crippen molar-refractivity contribution >= 4 is 45.5 Å². The van der Waals surface area contributed by atoms with E-state index in [1.165, 1.54) is 29.7 Å². The lowest BCUT2D eigenvalue weighted by Gasteiger charge is -2.06. The minimum Gasteiger partial charge on any atom is -0.465 e. The van der Waals surface area contributed by atoms with Crippen LogP contribution in [-0.4, -0.2) is 28.4 Å². The van der Waals surface area contributed by atoms with E-state index in [-0.39, 0.29) is 27.0 Å². The molecule has 0 atom stereocenters. The maximum absolute atomic E-state index is 12.7. The Labute approximate surface area is 161 Å². The van der Waals surface area contributed by atoms with Gasteiger partial charge in [0.2, 0.25) is 0 Å². The molecule has 0 saturated heterocycles. The molecular formula is C19H13N3O5S. The van der Waals surface area contributed by atoms with Crippen molar-refractivity contribution in [1.29, 1.82) is 0 Å². The number of benzene rings is 2. The second-order valence-corrected chi connectivity index (χ2v) is 6.84. The first-order valence-corrected chi connectivity index (χ1v) is 8.97. The summed E-state index contributed by atoms with van der Waals surface area (Å²) in [5.41, 5.74) is 0.570. The van der Waals surface area contributed by atoms with E-state index in [1.807, 2.05) is 6.07 Å². The molecule has 2 aromatic carbocycles. The van der Waals surface area contributed by atoms with E-state index < -0.39 is 22.3 Å². The van der Waals surface area contributed by atoms with Gasteiger partial charge in [0.15, 0.2) is 0 Å². The molecular weight excluding hydrogens is 382 g/mol. The summed E-state index contributed by atoms with van der Waals surface area (Å²) in [5, 5.41) is 2.91. The Morgan fingerprint density at radius 2 is 1.86 bits per heavy atom. The molecule has 0 spiro atoms. The van der Waals surface area contributed by atoms with Crippen LogP contribution in [0.15, 0.2) is 58.1 Å². The molecule has 28 heavy (non-hydrogen) atoms. The Morgan fingerprint density at radius 3 is 2.57 bits per heavy atom. The Balaban J connectivity index is 1.93. The predicted molar refractivity (Wildman–Crippen MR) is 105 cm³/mol. The van der Waals surface area contributed by atoms with Crippen molar-refractivity contribution in [2.24, 2.45) is 0 Å². The standard InChI is InChI=1S/C19H13N3O5S/c1-27-18(25)10-7-8-12-13(9-10)22-15(21-16(12)23)14(28-19(22)26)17(24)20-11-5-3-2-4-6-11/h2-9H,1H3,(H,20,24)(H,21,23). The average Bonchev–Trinajstić information content (AvgIpc) is 3.04. The summed E-state index contributed by atoms with van der Waals surface area (Å²) >= 11 is 0.708. The number of rotatable bonds is 3. The Kier molecular flexibility index (Phi) is 4.28. The van der Waals surface area contributed by atoms with Crippen molar-refractivity contribution in [3.05, 3.63) is 79.0 Å². The summed E-state index contributed by atoms with van der Waals surface area (Å²) in [4.78, 5) is 51.7. The van der Waals surface area contributed by atoms with Gasteiger partial charge in [0.05, 0.1) is 23.6 Å². The summed E-state index contributed by atoms with van der Waals surface area (Å²) in [6.45, 7) is 0. The fourth-order valence-corrected chi connectivity index (χ4v) is 3.74. The van der Waals surface area contributed by atoms with Gasteiger partial charge in [0.25, 0.3) is 11.5 Å². The molecule has 140 valence electrons. The number of carbonyl (C=O) groups is 2. The maximum Gasteiger partial charge on any atom is 0.337 e. The van der Waals surface area contributed by atoms with Crippen LogP contribution in [-0.2, 0) is 4.74 Å². The molecule has 0 unspecified atom stereocenters. The summed E-state index contributed by atoms with van der Waals surface area (Å²) in [7, 11) is 1.24. The fourth-order valence-electron chi connectivity index (χ4n) is 2.90. The summed E-state index contributed by atoms with van der Waals surface area (Å²) in [5.74, 6) is -1.12. The number of thiazole rings is 1. The van der Waals surface area contributed by atoms with Crippen LogP contribution >= 0.6 is 11.3 Å². The number of hydrogen-bond acceptors (Lipinski definition) is 6. The lowest BCUT2D eigenvalue weighted by Crippen LogP contribution is -2.17. The Hall–Kier alpha value is -3.72. The van der Waals surface area contributed by atoms with E-state index in [2.05, 4.69) is 10.3 Å². The predicted octanol–water partition coefficient (Wildman–Crippen LogP) is 2.24. The van der Waals surface area contributed by atoms with Crippen LogP contribution in [0.1, 0.15) is 20.0 Å². The van der Waals surface area contributed by atoms with E-state index in [0.717, 1.165) is 0 Å². The second-order valence-electron chi connectivity index (χ2n) is 5.88. The third kappa shape index (κ3) is 2.87. The van der Waals surface area contributed by atoms with Gasteiger partial charge in [0, 0.05) is 5.69 Å². The quantitative estimate of drug-likeness (QED) is 0.517. The van der Waals surface area contributed by atoms with Crippen molar-refractivity contribution in [3.63, 3.8) is 0 Å². The molecule has 9 heteroatoms. The molecule has 0 aliphatic heterocycles. The van der Waals surface area contributed by atoms with Crippen LogP contribution < -0.4 is 15.7 Å². The van der Waals surface area contributed by atoms with Gasteiger partial charge in [0.1, 0.15) is 10.5 Å². The number of fused-ring (bicyclic) bond motifs is 3. The van der Waals surface area contributed by atoms with Crippen LogP contribution in [0.25, 0.3) is 16.6 Å². The van der Waals surface area contributed by atoms with Crippen molar-refractivity contribution in [1.82, 2.24) is 9.38 Å². The minimum absolute atomic E-state index is 0.0660. The van der Waals surface area contributed by atoms with Gasteiger partial charge < -0.3 is 15.0 Å². The highest BCUT2D eigenvalue weighted by Gasteiger charge is 2.20. The maximum atomic E-state index is 12.7. The van der Waals surface area contributed by atoms with Gasteiger partial charge >= 0.3 is 10.8 Å². The number of methoxy groups -OCH3 is 1. The number of aromatic nitrogens is 2. The van der Waals surface area contributed by atoms with Gasteiger partial charge in [-0.15, -0.1) is 0 Å². The van der Waals surface area contributed by atoms with Crippen molar-refractivity contribution in [3.8, 4) is 0 Å². The number of amides is 1. The van der Waals surface area contributed by atoms with Gasteiger partial charge in [-0.05, 0) is 30.3 Å². The first-order chi connectivity index (χ1) is 13.5. The lowest BCUT2D eigenvalue weighted by molar-refractivity contribution is 0.0600. The molecule has 2 heterocycles. The number of aromatic amines is 1. The van der Waals surface area contributed by atoms with E-state index in [9.17, 15) is 19.2 Å². The number of nitrogens with one attached hydrogen (secondary N) is 2. The number of ether oxygens (including phenoxy) is 1. The minimum atomic E-state index is -0.597. The van der Waals surface area contributed by atoms with E-state index in [4.69, 9.17) is 4.74 Å². The van der Waals surface area contributed by atoms with Gasteiger partial charge in [-0.1, -0.05) is 29.5 Å². The zero-order valence-corrected chi connectivity index (χ0v) is 15.3. The van der Waals surface area contributed by atoms with Crippen LogP contribution in [0.5, 0.6) is 0 Å². The molecule has 2 N–H and O–H groups in total. The topological polar surface area (TPSA) is 110 Å². The third-order valence-corrected chi connectivity index (χ3v) is 5.12. The van der Waals surface area contributed by atoms with Crippen LogP contribution in [0.2, 0.25) is 0 Å². The molecule has 0 radical (unpaired) electrons. The van der Waals surface area contributed by atoms with E-state index in [0.29, 0.717) is 17.0 Å². The van der Waals surface area contributed by atoms with Crippen molar-refractivity contribution in [2.45, 2.75) is 0 Å². The zero-order chi connectivity index (χ0) is 19.8. The normalized spacial score (nSPS) is 10.9. The molecule has 0 fully saturated rings. The Bertz CT molecular complexity index is 1350. The molecule has 0 aliphatic rings. The number of para-hydroxylation sites is 1. The molecule has 8 nitrogen and oxygen atoms in total. The molecule has 4 aromatic rings. The summed E-state index contributed by atoms with van der Waals surface area (Å²) < 4.78 is 5.91. The number of nitrogens with zero attached hydrogens (tertiary/aromatic N) is 1. The molecule has 4 rings (SSSR count). The number of H-pyrrole nitrogens is 1. The molecule has 0 bridgehead atoms. The van der Waals surface area contributed by atoms with Crippen LogP contribution in [0.4, 0.5) is 5.69 Å². The number of hydrogen-bond donors (Lipinski definition) is 2. The number of carbonyl (C=O) groups excluding carboxylic acids is 2. The largest absolute Gasteiger partial charge is 0.465 e. The summed E-state index contributed by atoms with van der Waals surface area (Å²) in [6, 6.07) is 13.0. The molecule has 2 aromatic heterocycles. The van der Waals surface area contributed by atoms with Gasteiger partial charge in [-0.25, -0.2) is 4.79 Å². The number of esters is 1. The monoisotopic (exact) mass is 395 g/mol. The van der Waals surface area contributed by atoms with E-state index in [1.54, 1.807) is 24.3 Å². The number of anilines is 1. The average molecular weight is 395 g/mol. The first-order valence-electron chi connectivity index (χ1n) is 8.16. The highest BCUT2D eigenvalue weighted by Crippen LogP contribution is 2.20. The van der Waals surface area contributed by atoms with Crippen molar-refractivity contribution < 1.29 is 14.3 Å². The fraction of sp³-hybridized carbons (Fsp3) is 0.0526. The SMILES string of the molecule is COC(=O)c1ccc2c(=O)[nH]c3c(C(=O)Nc4ccccc4)sc(=O)n3c2c1.